The molecule has 0 saturated heterocycles. The lowest BCUT2D eigenvalue weighted by atomic mass is 10.3. The Balaban J connectivity index is 1.91. The van der Waals surface area contributed by atoms with Crippen LogP contribution >= 0.6 is 0 Å². The second-order valence-corrected chi connectivity index (χ2v) is 4.91. The Bertz CT molecular complexity index is 850. The van der Waals surface area contributed by atoms with Gasteiger partial charge in [0.1, 0.15) is 5.52 Å². The maximum Gasteiger partial charge on any atom is 0.319 e. The summed E-state index contributed by atoms with van der Waals surface area (Å²) < 4.78 is 0. The minimum absolute atomic E-state index is 0.301. The number of carbonyl (C=O) groups excluding carboxylic acids is 1. The monoisotopic (exact) mass is 308 g/mol. The number of aryl methyl sites for hydroxylation is 1. The van der Waals surface area contributed by atoms with Crippen LogP contribution in [-0.2, 0) is 0 Å². The quantitative estimate of drug-likeness (QED) is 0.692. The maximum atomic E-state index is 11.4. The Morgan fingerprint density at radius 1 is 1.13 bits per heavy atom. The van der Waals surface area contributed by atoms with Crippen molar-refractivity contribution in [1.29, 1.82) is 0 Å². The number of amides is 2. The highest BCUT2D eigenvalue weighted by molar-refractivity contribution is 5.91. The van der Waals surface area contributed by atoms with Crippen molar-refractivity contribution >= 4 is 34.4 Å². The van der Waals surface area contributed by atoms with Gasteiger partial charge in [0.25, 0.3) is 0 Å². The Morgan fingerprint density at radius 3 is 2.65 bits per heavy atom. The van der Waals surface area contributed by atoms with E-state index in [9.17, 15) is 4.79 Å². The van der Waals surface area contributed by atoms with E-state index in [2.05, 4.69) is 30.9 Å². The first-order valence-corrected chi connectivity index (χ1v) is 7.11. The molecule has 23 heavy (non-hydrogen) atoms. The van der Waals surface area contributed by atoms with E-state index in [1.165, 1.54) is 0 Å². The van der Waals surface area contributed by atoms with Gasteiger partial charge in [-0.2, -0.15) is 0 Å². The van der Waals surface area contributed by atoms with Crippen LogP contribution in [0.3, 0.4) is 0 Å². The lowest BCUT2D eigenvalue weighted by molar-refractivity contribution is 0.254. The van der Waals surface area contributed by atoms with E-state index in [-0.39, 0.29) is 6.03 Å². The molecule has 0 unspecified atom stereocenters. The molecule has 7 heteroatoms. The third kappa shape index (κ3) is 3.34. The average Bonchev–Trinajstić information content (AvgIpc) is 2.56. The van der Waals surface area contributed by atoms with Crippen molar-refractivity contribution in [3.05, 3.63) is 48.3 Å². The molecule has 3 N–H and O–H groups in total. The number of nitrogens with zero attached hydrogens (tertiary/aromatic N) is 3. The first-order valence-electron chi connectivity index (χ1n) is 7.11. The molecule has 1 aromatic carbocycles. The molecule has 0 aliphatic rings. The molecule has 0 aliphatic carbocycles. The molecule has 2 amide bonds. The van der Waals surface area contributed by atoms with Gasteiger partial charge >= 0.3 is 6.03 Å². The van der Waals surface area contributed by atoms with E-state index in [1.54, 1.807) is 19.3 Å². The normalized spacial score (nSPS) is 10.3. The topological polar surface area (TPSA) is 91.8 Å². The lowest BCUT2D eigenvalue weighted by Gasteiger charge is -2.09. The molecular weight excluding hydrogens is 292 g/mol. The second-order valence-electron chi connectivity index (χ2n) is 4.91. The molecule has 0 saturated carbocycles. The highest BCUT2D eigenvalue weighted by Gasteiger charge is 2.08. The highest BCUT2D eigenvalue weighted by atomic mass is 16.2. The van der Waals surface area contributed by atoms with E-state index >= 15 is 0 Å². The van der Waals surface area contributed by atoms with Crippen molar-refractivity contribution in [2.45, 2.75) is 6.92 Å². The number of hydrogen-bond acceptors (Lipinski definition) is 5. The van der Waals surface area contributed by atoms with Crippen LogP contribution in [0.25, 0.3) is 11.2 Å². The predicted octanol–water partition coefficient (Wildman–Crippen LogP) is 2.83. The number of fused-ring (bicyclic) bond motifs is 1. The minimum Gasteiger partial charge on any atom is -0.341 e. The summed E-state index contributed by atoms with van der Waals surface area (Å²) in [6.45, 7) is 1.81. The molecule has 116 valence electrons. The number of rotatable bonds is 3. The summed E-state index contributed by atoms with van der Waals surface area (Å²) in [6.07, 6.45) is 1.63. The van der Waals surface area contributed by atoms with Crippen LogP contribution in [0.5, 0.6) is 0 Å². The fourth-order valence-electron chi connectivity index (χ4n) is 2.07. The number of anilines is 3. The van der Waals surface area contributed by atoms with Gasteiger partial charge in [0.15, 0.2) is 11.5 Å². The molecule has 3 aromatic rings. The third-order valence-corrected chi connectivity index (χ3v) is 3.25. The van der Waals surface area contributed by atoms with Crippen LogP contribution in [0.15, 0.2) is 42.6 Å². The van der Waals surface area contributed by atoms with Crippen molar-refractivity contribution in [3.8, 4) is 0 Å². The van der Waals surface area contributed by atoms with E-state index < -0.39 is 0 Å². The number of nitrogens with one attached hydrogen (secondary N) is 3. The van der Waals surface area contributed by atoms with Crippen LogP contribution < -0.4 is 16.0 Å². The summed E-state index contributed by atoms with van der Waals surface area (Å²) in [5, 5.41) is 8.39. The minimum atomic E-state index is -0.301. The zero-order valence-corrected chi connectivity index (χ0v) is 12.8. The Hall–Kier alpha value is -3.22. The zero-order chi connectivity index (χ0) is 16.2. The van der Waals surface area contributed by atoms with Gasteiger partial charge in [-0.15, -0.1) is 0 Å². The highest BCUT2D eigenvalue weighted by Crippen LogP contribution is 2.20. The van der Waals surface area contributed by atoms with Gasteiger partial charge in [-0.05, 0) is 25.1 Å². The first-order chi connectivity index (χ1) is 11.2. The van der Waals surface area contributed by atoms with Crippen LogP contribution in [0.1, 0.15) is 5.69 Å². The molecule has 2 heterocycles. The summed E-state index contributed by atoms with van der Waals surface area (Å²) >= 11 is 0. The van der Waals surface area contributed by atoms with Gasteiger partial charge < -0.3 is 16.0 Å². The van der Waals surface area contributed by atoms with E-state index in [1.807, 2.05) is 37.3 Å². The smallest absolute Gasteiger partial charge is 0.319 e. The van der Waals surface area contributed by atoms with Crippen molar-refractivity contribution in [3.63, 3.8) is 0 Å². The summed E-state index contributed by atoms with van der Waals surface area (Å²) in [7, 11) is 1.56. The summed E-state index contributed by atoms with van der Waals surface area (Å²) in [5.74, 6) is 0.614. The summed E-state index contributed by atoms with van der Waals surface area (Å²) in [5.41, 5.74) is 3.34. The average molecular weight is 308 g/mol. The Morgan fingerprint density at radius 2 is 1.91 bits per heavy atom. The number of aromatic nitrogens is 3. The third-order valence-electron chi connectivity index (χ3n) is 3.25. The SMILES string of the molecule is CNC(=O)Nc1cc2ncc(Nc3ccccc3)nc2nc1C. The van der Waals surface area contributed by atoms with Crippen LogP contribution in [0, 0.1) is 6.92 Å². The molecule has 0 spiro atoms. The van der Waals surface area contributed by atoms with Gasteiger partial charge in [-0.25, -0.2) is 19.7 Å². The maximum absolute atomic E-state index is 11.4. The van der Waals surface area contributed by atoms with Crippen molar-refractivity contribution in [1.82, 2.24) is 20.3 Å². The molecule has 0 fully saturated rings. The van der Waals surface area contributed by atoms with Crippen molar-refractivity contribution in [2.24, 2.45) is 0 Å². The van der Waals surface area contributed by atoms with Gasteiger partial charge in [-0.1, -0.05) is 18.2 Å². The largest absolute Gasteiger partial charge is 0.341 e. The molecule has 7 nitrogen and oxygen atoms in total. The predicted molar refractivity (Wildman–Crippen MR) is 89.9 cm³/mol. The van der Waals surface area contributed by atoms with Gasteiger partial charge in [0.05, 0.1) is 17.6 Å². The van der Waals surface area contributed by atoms with Gasteiger partial charge in [-0.3, -0.25) is 0 Å². The summed E-state index contributed by atoms with van der Waals surface area (Å²) in [4.78, 5) is 24.7. The summed E-state index contributed by atoms with van der Waals surface area (Å²) in [6, 6.07) is 11.2. The van der Waals surface area contributed by atoms with Crippen molar-refractivity contribution < 1.29 is 4.79 Å². The van der Waals surface area contributed by atoms with E-state index in [0.29, 0.717) is 28.4 Å². The molecule has 0 bridgehead atoms. The number of carbonyl (C=O) groups is 1. The fourth-order valence-corrected chi connectivity index (χ4v) is 2.07. The number of pyridine rings is 1. The van der Waals surface area contributed by atoms with Gasteiger partial charge in [0, 0.05) is 12.7 Å². The van der Waals surface area contributed by atoms with Crippen LogP contribution in [0.2, 0.25) is 0 Å². The molecule has 0 radical (unpaired) electrons. The molecule has 3 rings (SSSR count). The number of urea groups is 1. The number of hydrogen-bond donors (Lipinski definition) is 3. The van der Waals surface area contributed by atoms with E-state index in [0.717, 1.165) is 5.69 Å². The number of para-hydroxylation sites is 1. The number of benzene rings is 1. The zero-order valence-electron chi connectivity index (χ0n) is 12.8. The second kappa shape index (κ2) is 6.27. The molecule has 0 atom stereocenters. The molecular formula is C16H16N6O. The Kier molecular flexibility index (Phi) is 4.01. The molecule has 0 aliphatic heterocycles. The lowest BCUT2D eigenvalue weighted by Crippen LogP contribution is -2.25. The van der Waals surface area contributed by atoms with E-state index in [4.69, 9.17) is 0 Å². The van der Waals surface area contributed by atoms with Crippen molar-refractivity contribution in [2.75, 3.05) is 17.7 Å². The Labute approximate surface area is 133 Å². The van der Waals surface area contributed by atoms with Gasteiger partial charge in [0.2, 0.25) is 0 Å². The standard InChI is InChI=1S/C16H16N6O/c1-10-12(21-16(23)17-2)8-13-15(19-10)22-14(9-18-13)20-11-6-4-3-5-7-11/h3-9H,1-2H3,(H2,17,21,23)(H,19,20,22). The molecule has 2 aromatic heterocycles. The van der Waals surface area contributed by atoms with Crippen LogP contribution in [0.4, 0.5) is 22.0 Å². The fraction of sp³-hybridized carbons (Fsp3) is 0.125. The van der Waals surface area contributed by atoms with Crippen LogP contribution in [-0.4, -0.2) is 28.0 Å². The first kappa shape index (κ1) is 14.7.